The highest BCUT2D eigenvalue weighted by Gasteiger charge is 2.41. The molecule has 9 heteroatoms. The third kappa shape index (κ3) is 5.22. The summed E-state index contributed by atoms with van der Waals surface area (Å²) < 4.78 is 0. The lowest BCUT2D eigenvalue weighted by Crippen LogP contribution is -2.38. The van der Waals surface area contributed by atoms with E-state index in [4.69, 9.17) is 28.9 Å². The topological polar surface area (TPSA) is 105 Å². The average molecular weight is 503 g/mol. The number of anilines is 2. The molecule has 7 nitrogen and oxygen atoms in total. The van der Waals surface area contributed by atoms with E-state index in [2.05, 4.69) is 10.6 Å². The fourth-order valence-electron chi connectivity index (χ4n) is 3.94. The summed E-state index contributed by atoms with van der Waals surface area (Å²) >= 11 is 12.6. The van der Waals surface area contributed by atoms with E-state index in [0.29, 0.717) is 45.6 Å². The minimum absolute atomic E-state index is 0.0285. The van der Waals surface area contributed by atoms with E-state index in [0.717, 1.165) is 12.8 Å². The highest BCUT2D eigenvalue weighted by molar-refractivity contribution is 6.35. The Balaban J connectivity index is 1.72. The van der Waals surface area contributed by atoms with Crippen molar-refractivity contribution in [2.45, 2.75) is 39.2 Å². The molecule has 4 N–H and O–H groups in total. The Morgan fingerprint density at radius 2 is 1.91 bits per heavy atom. The van der Waals surface area contributed by atoms with Gasteiger partial charge in [-0.05, 0) is 60.7 Å². The van der Waals surface area contributed by atoms with Gasteiger partial charge in [0, 0.05) is 28.1 Å². The number of amides is 3. The van der Waals surface area contributed by atoms with Crippen LogP contribution in [-0.4, -0.2) is 30.8 Å². The maximum absolute atomic E-state index is 13.4. The van der Waals surface area contributed by atoms with Gasteiger partial charge in [0.1, 0.15) is 0 Å². The third-order valence-electron chi connectivity index (χ3n) is 6.25. The van der Waals surface area contributed by atoms with Crippen LogP contribution in [0.15, 0.2) is 36.4 Å². The van der Waals surface area contributed by atoms with Crippen molar-refractivity contribution < 1.29 is 14.4 Å². The van der Waals surface area contributed by atoms with Gasteiger partial charge in [0.15, 0.2) is 0 Å². The van der Waals surface area contributed by atoms with Crippen LogP contribution in [0.25, 0.3) is 0 Å². The number of hydrogen-bond acceptors (Lipinski definition) is 4. The standard InChI is InChI=1S/C25H28Cl2N4O3/c1-25(2,12-28)13-29-23(33)15-5-8-20-19(9-15)30-22(32)11-21(31(20)24(34)14-3-4-14)17-7-6-16(26)10-18(17)27/h5-10,14,21H,3-4,11-13,28H2,1-2H3,(H,29,33)(H,30,32). The molecule has 34 heavy (non-hydrogen) atoms. The van der Waals surface area contributed by atoms with Crippen molar-refractivity contribution in [2.24, 2.45) is 17.1 Å². The predicted molar refractivity (Wildman–Crippen MR) is 134 cm³/mol. The summed E-state index contributed by atoms with van der Waals surface area (Å²) in [4.78, 5) is 40.8. The van der Waals surface area contributed by atoms with Gasteiger partial charge in [-0.25, -0.2) is 0 Å². The summed E-state index contributed by atoms with van der Waals surface area (Å²) in [6, 6.07) is 9.44. The van der Waals surface area contributed by atoms with Crippen LogP contribution in [0.5, 0.6) is 0 Å². The Bertz CT molecular complexity index is 1150. The summed E-state index contributed by atoms with van der Waals surface area (Å²) in [6.07, 6.45) is 1.65. The lowest BCUT2D eigenvalue weighted by Gasteiger charge is -2.31. The van der Waals surface area contributed by atoms with Crippen LogP contribution in [0, 0.1) is 11.3 Å². The molecular weight excluding hydrogens is 475 g/mol. The van der Waals surface area contributed by atoms with Crippen molar-refractivity contribution >= 4 is 52.3 Å². The fraction of sp³-hybridized carbons (Fsp3) is 0.400. The van der Waals surface area contributed by atoms with Crippen LogP contribution in [0.1, 0.15) is 55.1 Å². The smallest absolute Gasteiger partial charge is 0.251 e. The number of hydrogen-bond donors (Lipinski definition) is 3. The first-order chi connectivity index (χ1) is 16.1. The Kier molecular flexibility index (Phi) is 6.90. The maximum atomic E-state index is 13.4. The van der Waals surface area contributed by atoms with E-state index < -0.39 is 6.04 Å². The molecule has 4 rings (SSSR count). The second-order valence-corrected chi connectivity index (χ2v) is 10.5. The van der Waals surface area contributed by atoms with Gasteiger partial charge < -0.3 is 21.3 Å². The Morgan fingerprint density at radius 3 is 2.56 bits per heavy atom. The van der Waals surface area contributed by atoms with Crippen LogP contribution < -0.4 is 21.3 Å². The molecular formula is C25H28Cl2N4O3. The van der Waals surface area contributed by atoms with Gasteiger partial charge in [-0.15, -0.1) is 0 Å². The quantitative estimate of drug-likeness (QED) is 0.539. The monoisotopic (exact) mass is 502 g/mol. The van der Waals surface area contributed by atoms with Crippen molar-refractivity contribution in [3.8, 4) is 0 Å². The zero-order chi connectivity index (χ0) is 24.6. The number of nitrogens with one attached hydrogen (secondary N) is 2. The van der Waals surface area contributed by atoms with Crippen molar-refractivity contribution in [1.29, 1.82) is 0 Å². The molecule has 0 saturated heterocycles. The lowest BCUT2D eigenvalue weighted by atomic mass is 9.94. The molecule has 1 unspecified atom stereocenters. The molecule has 3 amide bonds. The van der Waals surface area contributed by atoms with Crippen LogP contribution in [0.2, 0.25) is 10.0 Å². The first kappa shape index (κ1) is 24.5. The predicted octanol–water partition coefficient (Wildman–Crippen LogP) is 4.53. The number of halogens is 2. The zero-order valence-electron chi connectivity index (χ0n) is 19.2. The molecule has 0 spiro atoms. The SMILES string of the molecule is CC(C)(CN)CNC(=O)c1ccc2c(c1)NC(=O)CC(c1ccc(Cl)cc1Cl)N2C(=O)C1CC1. The van der Waals surface area contributed by atoms with Crippen molar-refractivity contribution in [3.63, 3.8) is 0 Å². The first-order valence-electron chi connectivity index (χ1n) is 11.3. The highest BCUT2D eigenvalue weighted by atomic mass is 35.5. The molecule has 2 aliphatic rings. The zero-order valence-corrected chi connectivity index (χ0v) is 20.7. The van der Waals surface area contributed by atoms with E-state index in [9.17, 15) is 14.4 Å². The summed E-state index contributed by atoms with van der Waals surface area (Å²) in [5.74, 6) is -0.697. The van der Waals surface area contributed by atoms with Gasteiger partial charge in [-0.3, -0.25) is 14.4 Å². The van der Waals surface area contributed by atoms with Gasteiger partial charge in [0.2, 0.25) is 11.8 Å². The summed E-state index contributed by atoms with van der Waals surface area (Å²) in [5, 5.41) is 6.63. The van der Waals surface area contributed by atoms with E-state index in [1.165, 1.54) is 0 Å². The molecule has 2 aromatic rings. The molecule has 1 aliphatic carbocycles. The maximum Gasteiger partial charge on any atom is 0.251 e. The Labute approximate surface area is 209 Å². The number of carbonyl (C=O) groups is 3. The van der Waals surface area contributed by atoms with Gasteiger partial charge in [-0.2, -0.15) is 0 Å². The van der Waals surface area contributed by atoms with Crippen molar-refractivity contribution in [3.05, 3.63) is 57.6 Å². The number of carbonyl (C=O) groups excluding carboxylic acids is 3. The number of rotatable bonds is 6. The third-order valence-corrected chi connectivity index (χ3v) is 6.81. The van der Waals surface area contributed by atoms with Crippen LogP contribution in [-0.2, 0) is 9.59 Å². The second kappa shape index (κ2) is 9.56. The lowest BCUT2D eigenvalue weighted by molar-refractivity contribution is -0.120. The van der Waals surface area contributed by atoms with E-state index >= 15 is 0 Å². The molecule has 1 saturated carbocycles. The van der Waals surface area contributed by atoms with Crippen molar-refractivity contribution in [1.82, 2.24) is 5.32 Å². The number of nitrogens with zero attached hydrogens (tertiary/aromatic N) is 1. The summed E-state index contributed by atoms with van der Waals surface area (Å²) in [7, 11) is 0. The van der Waals surface area contributed by atoms with Gasteiger partial charge in [0.25, 0.3) is 5.91 Å². The van der Waals surface area contributed by atoms with E-state index in [1.54, 1.807) is 41.3 Å². The first-order valence-corrected chi connectivity index (χ1v) is 12.1. The Morgan fingerprint density at radius 1 is 1.18 bits per heavy atom. The van der Waals surface area contributed by atoms with Crippen molar-refractivity contribution in [2.75, 3.05) is 23.3 Å². The number of benzene rings is 2. The number of nitrogens with two attached hydrogens (primary N) is 1. The van der Waals surface area contributed by atoms with Crippen LogP contribution >= 0.6 is 23.2 Å². The highest BCUT2D eigenvalue weighted by Crippen LogP contribution is 2.44. The van der Waals surface area contributed by atoms with Crippen LogP contribution in [0.4, 0.5) is 11.4 Å². The molecule has 1 atom stereocenters. The van der Waals surface area contributed by atoms with Gasteiger partial charge in [0.05, 0.1) is 23.8 Å². The Hall–Kier alpha value is -2.61. The molecule has 180 valence electrons. The second-order valence-electron chi connectivity index (χ2n) is 9.70. The van der Waals surface area contributed by atoms with Gasteiger partial charge in [-0.1, -0.05) is 43.1 Å². The number of fused-ring (bicyclic) bond motifs is 1. The fourth-order valence-corrected chi connectivity index (χ4v) is 4.47. The van der Waals surface area contributed by atoms with E-state index in [-0.39, 0.29) is 35.5 Å². The normalized spacial score (nSPS) is 18.1. The molecule has 0 radical (unpaired) electrons. The average Bonchev–Trinajstić information content (AvgIpc) is 3.64. The van der Waals surface area contributed by atoms with Gasteiger partial charge >= 0.3 is 0 Å². The summed E-state index contributed by atoms with van der Waals surface area (Å²) in [5.41, 5.74) is 7.50. The molecule has 2 aromatic carbocycles. The molecule has 1 fully saturated rings. The summed E-state index contributed by atoms with van der Waals surface area (Å²) in [6.45, 7) is 4.78. The largest absolute Gasteiger partial charge is 0.351 e. The van der Waals surface area contributed by atoms with Crippen LogP contribution in [0.3, 0.4) is 0 Å². The minimum atomic E-state index is -0.593. The molecule has 1 heterocycles. The molecule has 1 aliphatic heterocycles. The minimum Gasteiger partial charge on any atom is -0.351 e. The molecule has 0 aromatic heterocycles. The molecule has 0 bridgehead atoms. The van der Waals surface area contributed by atoms with E-state index in [1.807, 2.05) is 13.8 Å².